The zero-order valence-corrected chi connectivity index (χ0v) is 7.71. The van der Waals surface area contributed by atoms with Crippen LogP contribution in [0.3, 0.4) is 0 Å². The lowest BCUT2D eigenvalue weighted by atomic mass is 10.1. The summed E-state index contributed by atoms with van der Waals surface area (Å²) >= 11 is 5.85. The number of carboxylic acid groups (broad SMARTS) is 1. The van der Waals surface area contributed by atoms with Gasteiger partial charge in [0.15, 0.2) is 0 Å². The van der Waals surface area contributed by atoms with E-state index >= 15 is 0 Å². The maximum atomic E-state index is 10.7. The summed E-state index contributed by atoms with van der Waals surface area (Å²) in [6, 6.07) is 4.92. The van der Waals surface area contributed by atoms with Crippen LogP contribution in [0.5, 0.6) is 0 Å². The highest BCUT2D eigenvalue weighted by atomic mass is 35.5. The van der Waals surface area contributed by atoms with E-state index in [2.05, 4.69) is 0 Å². The van der Waals surface area contributed by atoms with E-state index in [1.807, 2.05) is 0 Å². The summed E-state index contributed by atoms with van der Waals surface area (Å²) in [6.45, 7) is 0.461. The molecule has 0 aliphatic heterocycles. The van der Waals surface area contributed by atoms with E-state index in [9.17, 15) is 4.79 Å². The molecule has 4 heteroatoms. The maximum Gasteiger partial charge on any atom is 0.337 e. The predicted octanol–water partition coefficient (Wildman–Crippen LogP) is 1.54. The molecular formula is C9H10ClNO2. The van der Waals surface area contributed by atoms with Crippen LogP contribution in [0.1, 0.15) is 15.9 Å². The average molecular weight is 200 g/mol. The summed E-state index contributed by atoms with van der Waals surface area (Å²) in [5, 5.41) is 9.03. The van der Waals surface area contributed by atoms with Crippen LogP contribution in [-0.2, 0) is 6.42 Å². The van der Waals surface area contributed by atoms with Crippen molar-refractivity contribution in [1.29, 1.82) is 0 Å². The SMILES string of the molecule is NCCc1cccc(C(=O)O)c1Cl. The van der Waals surface area contributed by atoms with Crippen molar-refractivity contribution in [2.24, 2.45) is 5.73 Å². The van der Waals surface area contributed by atoms with E-state index in [0.29, 0.717) is 18.0 Å². The van der Waals surface area contributed by atoms with Gasteiger partial charge in [-0.2, -0.15) is 0 Å². The van der Waals surface area contributed by atoms with Crippen LogP contribution in [0.4, 0.5) is 0 Å². The van der Waals surface area contributed by atoms with Gasteiger partial charge in [-0.05, 0) is 24.6 Å². The van der Waals surface area contributed by atoms with Crippen LogP contribution < -0.4 is 5.73 Å². The first kappa shape index (κ1) is 10.0. The van der Waals surface area contributed by atoms with Crippen molar-refractivity contribution in [2.45, 2.75) is 6.42 Å². The Balaban J connectivity index is 3.10. The minimum atomic E-state index is -1.01. The average Bonchev–Trinajstić information content (AvgIpc) is 2.08. The largest absolute Gasteiger partial charge is 0.478 e. The van der Waals surface area contributed by atoms with Crippen LogP contribution in [0, 0.1) is 0 Å². The van der Waals surface area contributed by atoms with E-state index in [-0.39, 0.29) is 5.56 Å². The Morgan fingerprint density at radius 2 is 2.23 bits per heavy atom. The minimum Gasteiger partial charge on any atom is -0.478 e. The Morgan fingerprint density at radius 1 is 1.54 bits per heavy atom. The zero-order chi connectivity index (χ0) is 9.84. The third kappa shape index (κ3) is 2.20. The minimum absolute atomic E-state index is 0.132. The highest BCUT2D eigenvalue weighted by Crippen LogP contribution is 2.21. The van der Waals surface area contributed by atoms with Gasteiger partial charge in [-0.3, -0.25) is 0 Å². The molecule has 3 N–H and O–H groups in total. The fraction of sp³-hybridized carbons (Fsp3) is 0.222. The molecule has 0 fully saturated rings. The second-order valence-electron chi connectivity index (χ2n) is 2.62. The molecule has 0 aromatic heterocycles. The molecule has 0 spiro atoms. The summed E-state index contributed by atoms with van der Waals surface area (Å²) in [6.07, 6.45) is 0.597. The van der Waals surface area contributed by atoms with Crippen molar-refractivity contribution < 1.29 is 9.90 Å². The Bertz CT molecular complexity index is 325. The van der Waals surface area contributed by atoms with Crippen LogP contribution in [-0.4, -0.2) is 17.6 Å². The molecule has 0 aliphatic rings. The smallest absolute Gasteiger partial charge is 0.337 e. The van der Waals surface area contributed by atoms with Crippen LogP contribution in [0.2, 0.25) is 5.02 Å². The van der Waals surface area contributed by atoms with Gasteiger partial charge in [0.2, 0.25) is 0 Å². The van der Waals surface area contributed by atoms with E-state index in [0.717, 1.165) is 5.56 Å². The molecule has 0 amide bonds. The summed E-state index contributed by atoms with van der Waals surface area (Å²) in [5.74, 6) is -1.01. The van der Waals surface area contributed by atoms with Gasteiger partial charge in [-0.25, -0.2) is 4.79 Å². The standard InChI is InChI=1S/C9H10ClNO2/c10-8-6(4-5-11)2-1-3-7(8)9(12)13/h1-3H,4-5,11H2,(H,12,13). The monoisotopic (exact) mass is 199 g/mol. The van der Waals surface area contributed by atoms with Gasteiger partial charge in [0, 0.05) is 0 Å². The molecule has 0 bridgehead atoms. The third-order valence-corrected chi connectivity index (χ3v) is 2.17. The second-order valence-corrected chi connectivity index (χ2v) is 3.00. The van der Waals surface area contributed by atoms with E-state index < -0.39 is 5.97 Å². The van der Waals surface area contributed by atoms with Gasteiger partial charge in [0.05, 0.1) is 10.6 Å². The van der Waals surface area contributed by atoms with Gasteiger partial charge in [0.25, 0.3) is 0 Å². The zero-order valence-electron chi connectivity index (χ0n) is 6.96. The Labute approximate surface area is 81.1 Å². The van der Waals surface area contributed by atoms with Crippen LogP contribution in [0.15, 0.2) is 18.2 Å². The summed E-state index contributed by atoms with van der Waals surface area (Å²) < 4.78 is 0. The van der Waals surface area contributed by atoms with Crippen molar-refractivity contribution in [1.82, 2.24) is 0 Å². The summed E-state index contributed by atoms with van der Waals surface area (Å²) in [7, 11) is 0. The highest BCUT2D eigenvalue weighted by Gasteiger charge is 2.10. The van der Waals surface area contributed by atoms with Gasteiger partial charge < -0.3 is 10.8 Å². The number of hydrogen-bond acceptors (Lipinski definition) is 2. The van der Waals surface area contributed by atoms with Crippen molar-refractivity contribution in [3.63, 3.8) is 0 Å². The van der Waals surface area contributed by atoms with Gasteiger partial charge in [-0.1, -0.05) is 23.7 Å². The van der Waals surface area contributed by atoms with Crippen LogP contribution in [0.25, 0.3) is 0 Å². The third-order valence-electron chi connectivity index (χ3n) is 1.72. The lowest BCUT2D eigenvalue weighted by molar-refractivity contribution is 0.0697. The number of benzene rings is 1. The van der Waals surface area contributed by atoms with E-state index in [4.69, 9.17) is 22.4 Å². The Kier molecular flexibility index (Phi) is 3.28. The molecule has 0 saturated carbocycles. The molecule has 1 aromatic rings. The molecule has 0 unspecified atom stereocenters. The van der Waals surface area contributed by atoms with E-state index in [1.165, 1.54) is 6.07 Å². The fourth-order valence-electron chi connectivity index (χ4n) is 1.09. The van der Waals surface area contributed by atoms with Crippen molar-refractivity contribution in [3.8, 4) is 0 Å². The fourth-order valence-corrected chi connectivity index (χ4v) is 1.39. The molecule has 0 heterocycles. The summed E-state index contributed by atoms with van der Waals surface area (Å²) in [5.41, 5.74) is 6.26. The maximum absolute atomic E-state index is 10.7. The number of aromatic carboxylic acids is 1. The number of carboxylic acids is 1. The van der Waals surface area contributed by atoms with Crippen LogP contribution >= 0.6 is 11.6 Å². The normalized spacial score (nSPS) is 10.0. The van der Waals surface area contributed by atoms with Gasteiger partial charge in [0.1, 0.15) is 0 Å². The molecule has 1 rings (SSSR count). The van der Waals surface area contributed by atoms with Crippen molar-refractivity contribution >= 4 is 17.6 Å². The van der Waals surface area contributed by atoms with Crippen molar-refractivity contribution in [3.05, 3.63) is 34.3 Å². The molecule has 0 saturated heterocycles. The topological polar surface area (TPSA) is 63.3 Å². The lowest BCUT2D eigenvalue weighted by Crippen LogP contribution is -2.05. The lowest BCUT2D eigenvalue weighted by Gasteiger charge is -2.04. The second kappa shape index (κ2) is 4.25. The number of hydrogen-bond donors (Lipinski definition) is 2. The first-order valence-corrected chi connectivity index (χ1v) is 4.25. The molecule has 70 valence electrons. The molecular weight excluding hydrogens is 190 g/mol. The van der Waals surface area contributed by atoms with Gasteiger partial charge >= 0.3 is 5.97 Å². The number of nitrogens with two attached hydrogens (primary N) is 1. The Hall–Kier alpha value is -1.06. The highest BCUT2D eigenvalue weighted by molar-refractivity contribution is 6.34. The quantitative estimate of drug-likeness (QED) is 0.776. The van der Waals surface area contributed by atoms with Gasteiger partial charge in [-0.15, -0.1) is 0 Å². The number of carbonyl (C=O) groups is 1. The van der Waals surface area contributed by atoms with E-state index in [1.54, 1.807) is 12.1 Å². The summed E-state index contributed by atoms with van der Waals surface area (Å²) in [4.78, 5) is 10.7. The Morgan fingerprint density at radius 3 is 2.77 bits per heavy atom. The number of halogens is 1. The predicted molar refractivity (Wildman–Crippen MR) is 51.2 cm³/mol. The van der Waals surface area contributed by atoms with Crippen molar-refractivity contribution in [2.75, 3.05) is 6.54 Å². The molecule has 13 heavy (non-hydrogen) atoms. The molecule has 3 nitrogen and oxygen atoms in total. The molecule has 0 atom stereocenters. The number of rotatable bonds is 3. The molecule has 1 aromatic carbocycles. The molecule has 0 radical (unpaired) electrons. The first-order chi connectivity index (χ1) is 6.16. The molecule has 0 aliphatic carbocycles. The first-order valence-electron chi connectivity index (χ1n) is 3.87.